The third-order valence-electron chi connectivity index (χ3n) is 4.30. The average molecular weight is 329 g/mol. The molecule has 1 aliphatic rings. The van der Waals surface area contributed by atoms with Gasteiger partial charge in [-0.3, -0.25) is 4.79 Å². The number of amides is 1. The second-order valence-corrected chi connectivity index (χ2v) is 5.80. The fourth-order valence-corrected chi connectivity index (χ4v) is 3.13. The van der Waals surface area contributed by atoms with Gasteiger partial charge in [0.1, 0.15) is 5.82 Å². The van der Waals surface area contributed by atoms with Crippen LogP contribution in [-0.4, -0.2) is 25.5 Å². The van der Waals surface area contributed by atoms with E-state index in [1.54, 1.807) is 12.1 Å². The average Bonchev–Trinajstić information content (AvgIpc) is 2.98. The molecule has 0 bridgehead atoms. The molecule has 2 rings (SSSR count). The van der Waals surface area contributed by atoms with E-state index in [1.807, 2.05) is 0 Å². The summed E-state index contributed by atoms with van der Waals surface area (Å²) in [6.07, 6.45) is 4.91. The molecule has 1 aliphatic carbocycles. The van der Waals surface area contributed by atoms with Gasteiger partial charge in [0.25, 0.3) is 0 Å². The molecule has 0 spiro atoms. The number of rotatable bonds is 7. The minimum absolute atomic E-state index is 0. The molecule has 0 saturated heterocycles. The summed E-state index contributed by atoms with van der Waals surface area (Å²) in [5.74, 6) is -0.166. The molecule has 5 heteroatoms. The Hall–Kier alpha value is -1.13. The maximum Gasteiger partial charge on any atom is 0.230 e. The number of benzene rings is 1. The van der Waals surface area contributed by atoms with E-state index < -0.39 is 5.41 Å². The fraction of sp³-hybridized carbons (Fsp3) is 0.588. The van der Waals surface area contributed by atoms with Crippen molar-refractivity contribution in [1.82, 2.24) is 10.6 Å². The lowest BCUT2D eigenvalue weighted by molar-refractivity contribution is -0.126. The molecule has 1 amide bonds. The van der Waals surface area contributed by atoms with Crippen LogP contribution in [-0.2, 0) is 10.2 Å². The van der Waals surface area contributed by atoms with Crippen LogP contribution in [0, 0.1) is 5.82 Å². The van der Waals surface area contributed by atoms with Crippen LogP contribution >= 0.6 is 12.4 Å². The first-order valence-corrected chi connectivity index (χ1v) is 7.94. The predicted octanol–water partition coefficient (Wildman–Crippen LogP) is 3.18. The van der Waals surface area contributed by atoms with E-state index in [0.29, 0.717) is 6.54 Å². The Morgan fingerprint density at radius 2 is 1.77 bits per heavy atom. The molecule has 0 unspecified atom stereocenters. The zero-order chi connectivity index (χ0) is 15.1. The highest BCUT2D eigenvalue weighted by atomic mass is 35.5. The molecule has 1 aromatic carbocycles. The summed E-state index contributed by atoms with van der Waals surface area (Å²) in [4.78, 5) is 12.7. The lowest BCUT2D eigenvalue weighted by atomic mass is 9.78. The number of hydrogen-bond acceptors (Lipinski definition) is 2. The van der Waals surface area contributed by atoms with Crippen LogP contribution in [0.4, 0.5) is 4.39 Å². The highest BCUT2D eigenvalue weighted by Gasteiger charge is 2.42. The highest BCUT2D eigenvalue weighted by Crippen LogP contribution is 2.41. The van der Waals surface area contributed by atoms with Crippen LogP contribution in [0.3, 0.4) is 0 Å². The van der Waals surface area contributed by atoms with E-state index in [1.165, 1.54) is 12.1 Å². The van der Waals surface area contributed by atoms with E-state index in [4.69, 9.17) is 0 Å². The van der Waals surface area contributed by atoms with Crippen molar-refractivity contribution in [3.63, 3.8) is 0 Å². The van der Waals surface area contributed by atoms with E-state index in [2.05, 4.69) is 17.6 Å². The molecule has 0 radical (unpaired) electrons. The van der Waals surface area contributed by atoms with Crippen molar-refractivity contribution in [2.75, 3.05) is 19.6 Å². The van der Waals surface area contributed by atoms with Gasteiger partial charge in [0.2, 0.25) is 5.91 Å². The Morgan fingerprint density at radius 3 is 2.36 bits per heavy atom. The first kappa shape index (κ1) is 18.9. The molecule has 0 heterocycles. The molecule has 0 atom stereocenters. The first-order valence-electron chi connectivity index (χ1n) is 7.94. The van der Waals surface area contributed by atoms with E-state index >= 15 is 0 Å². The molecule has 1 saturated carbocycles. The number of halogens is 2. The molecule has 0 aromatic heterocycles. The minimum atomic E-state index is -0.460. The normalized spacial score (nSPS) is 16.1. The first-order chi connectivity index (χ1) is 10.2. The smallest absolute Gasteiger partial charge is 0.230 e. The van der Waals surface area contributed by atoms with E-state index in [0.717, 1.165) is 50.8 Å². The Labute approximate surface area is 138 Å². The van der Waals surface area contributed by atoms with Crippen LogP contribution in [0.5, 0.6) is 0 Å². The SMILES string of the molecule is CCCNCCNC(=O)C1(c2ccc(F)cc2)CCCC1.Cl. The monoisotopic (exact) mass is 328 g/mol. The van der Waals surface area contributed by atoms with Crippen molar-refractivity contribution < 1.29 is 9.18 Å². The third kappa shape index (κ3) is 4.43. The standard InChI is InChI=1S/C17H25FN2O.ClH/c1-2-11-19-12-13-20-16(21)17(9-3-4-10-17)14-5-7-15(18)8-6-14;/h5-8,19H,2-4,9-13H2,1H3,(H,20,21);1H. The molecule has 2 N–H and O–H groups in total. The number of nitrogens with one attached hydrogen (secondary N) is 2. The van der Waals surface area contributed by atoms with Crippen LogP contribution in [0.25, 0.3) is 0 Å². The number of carbonyl (C=O) groups is 1. The Morgan fingerprint density at radius 1 is 1.14 bits per heavy atom. The largest absolute Gasteiger partial charge is 0.354 e. The van der Waals surface area contributed by atoms with Crippen LogP contribution in [0.1, 0.15) is 44.6 Å². The Bertz CT molecular complexity index is 458. The molecule has 0 aliphatic heterocycles. The van der Waals surface area contributed by atoms with Gasteiger partial charge in [-0.25, -0.2) is 4.39 Å². The summed E-state index contributed by atoms with van der Waals surface area (Å²) in [6, 6.07) is 6.42. The van der Waals surface area contributed by atoms with Gasteiger partial charge in [0.05, 0.1) is 5.41 Å². The summed E-state index contributed by atoms with van der Waals surface area (Å²) < 4.78 is 13.1. The van der Waals surface area contributed by atoms with Gasteiger partial charge in [-0.1, -0.05) is 31.9 Å². The van der Waals surface area contributed by atoms with Crippen molar-refractivity contribution >= 4 is 18.3 Å². The maximum absolute atomic E-state index is 13.1. The zero-order valence-electron chi connectivity index (χ0n) is 13.2. The van der Waals surface area contributed by atoms with Crippen molar-refractivity contribution in [1.29, 1.82) is 0 Å². The third-order valence-corrected chi connectivity index (χ3v) is 4.30. The quantitative estimate of drug-likeness (QED) is 0.755. The Kier molecular flexibility index (Phi) is 7.83. The van der Waals surface area contributed by atoms with Crippen molar-refractivity contribution in [2.45, 2.75) is 44.4 Å². The summed E-state index contributed by atoms with van der Waals surface area (Å²) in [7, 11) is 0. The zero-order valence-corrected chi connectivity index (χ0v) is 14.0. The van der Waals surface area contributed by atoms with Gasteiger partial charge < -0.3 is 10.6 Å². The predicted molar refractivity (Wildman–Crippen MR) is 90.0 cm³/mol. The fourth-order valence-electron chi connectivity index (χ4n) is 3.13. The molecule has 3 nitrogen and oxygen atoms in total. The number of hydrogen-bond donors (Lipinski definition) is 2. The lowest BCUT2D eigenvalue weighted by Gasteiger charge is -2.28. The van der Waals surface area contributed by atoms with Gasteiger partial charge in [0, 0.05) is 13.1 Å². The second kappa shape index (κ2) is 9.11. The Balaban J connectivity index is 0.00000242. The molecule has 1 aromatic rings. The van der Waals surface area contributed by atoms with Gasteiger partial charge in [-0.05, 0) is 43.5 Å². The van der Waals surface area contributed by atoms with Crippen LogP contribution < -0.4 is 10.6 Å². The topological polar surface area (TPSA) is 41.1 Å². The van der Waals surface area contributed by atoms with Crippen molar-refractivity contribution in [3.8, 4) is 0 Å². The van der Waals surface area contributed by atoms with Crippen LogP contribution in [0.2, 0.25) is 0 Å². The maximum atomic E-state index is 13.1. The summed E-state index contributed by atoms with van der Waals surface area (Å²) in [5, 5.41) is 6.32. The minimum Gasteiger partial charge on any atom is -0.354 e. The highest BCUT2D eigenvalue weighted by molar-refractivity contribution is 5.88. The van der Waals surface area contributed by atoms with Gasteiger partial charge in [0.15, 0.2) is 0 Å². The van der Waals surface area contributed by atoms with Crippen molar-refractivity contribution in [3.05, 3.63) is 35.6 Å². The van der Waals surface area contributed by atoms with Crippen LogP contribution in [0.15, 0.2) is 24.3 Å². The van der Waals surface area contributed by atoms with Gasteiger partial charge in [-0.2, -0.15) is 0 Å². The lowest BCUT2D eigenvalue weighted by Crippen LogP contribution is -2.44. The van der Waals surface area contributed by atoms with Gasteiger partial charge >= 0.3 is 0 Å². The molecular weight excluding hydrogens is 303 g/mol. The van der Waals surface area contributed by atoms with E-state index in [-0.39, 0.29) is 24.1 Å². The summed E-state index contributed by atoms with van der Waals surface area (Å²) in [6.45, 7) is 4.52. The molecule has 1 fully saturated rings. The molecule has 22 heavy (non-hydrogen) atoms. The molecular formula is C17H26ClFN2O. The van der Waals surface area contributed by atoms with Crippen molar-refractivity contribution in [2.24, 2.45) is 0 Å². The summed E-state index contributed by atoms with van der Waals surface area (Å²) in [5.41, 5.74) is 0.485. The summed E-state index contributed by atoms with van der Waals surface area (Å²) >= 11 is 0. The van der Waals surface area contributed by atoms with E-state index in [9.17, 15) is 9.18 Å². The number of carbonyl (C=O) groups excluding carboxylic acids is 1. The van der Waals surface area contributed by atoms with Gasteiger partial charge in [-0.15, -0.1) is 12.4 Å². The molecule has 124 valence electrons. The second-order valence-electron chi connectivity index (χ2n) is 5.80.